The van der Waals surface area contributed by atoms with E-state index < -0.39 is 0 Å². The highest BCUT2D eigenvalue weighted by molar-refractivity contribution is 5.47. The molecule has 5 heteroatoms. The fourth-order valence-electron chi connectivity index (χ4n) is 1.68. The Labute approximate surface area is 107 Å². The number of rotatable bonds is 4. The summed E-state index contributed by atoms with van der Waals surface area (Å²) < 4.78 is 0. The van der Waals surface area contributed by atoms with E-state index in [1.807, 2.05) is 18.0 Å². The van der Waals surface area contributed by atoms with E-state index in [4.69, 9.17) is 5.84 Å². The van der Waals surface area contributed by atoms with Gasteiger partial charge in [-0.15, -0.1) is 0 Å². The zero-order valence-corrected chi connectivity index (χ0v) is 10.6. The summed E-state index contributed by atoms with van der Waals surface area (Å²) in [6.07, 6.45) is 1.50. The van der Waals surface area contributed by atoms with Gasteiger partial charge in [0.15, 0.2) is 0 Å². The first-order valence-electron chi connectivity index (χ1n) is 5.74. The van der Waals surface area contributed by atoms with Crippen molar-refractivity contribution >= 4 is 11.6 Å². The first kappa shape index (κ1) is 12.3. The summed E-state index contributed by atoms with van der Waals surface area (Å²) in [7, 11) is 1.99. The summed E-state index contributed by atoms with van der Waals surface area (Å²) in [6.45, 7) is 2.87. The van der Waals surface area contributed by atoms with E-state index in [-0.39, 0.29) is 0 Å². The topological polar surface area (TPSA) is 67.1 Å². The molecule has 1 aromatic heterocycles. The molecule has 0 saturated carbocycles. The molecule has 0 aliphatic rings. The van der Waals surface area contributed by atoms with Gasteiger partial charge < -0.3 is 10.3 Å². The third kappa shape index (κ3) is 2.95. The minimum absolute atomic E-state index is 0.607. The molecule has 3 N–H and O–H groups in total. The summed E-state index contributed by atoms with van der Waals surface area (Å²) in [5.74, 6) is 6.77. The Bertz CT molecular complexity index is 509. The van der Waals surface area contributed by atoms with Crippen LogP contribution in [-0.4, -0.2) is 17.0 Å². The van der Waals surface area contributed by atoms with Crippen molar-refractivity contribution in [3.8, 4) is 0 Å². The van der Waals surface area contributed by atoms with Gasteiger partial charge in [0, 0.05) is 19.7 Å². The van der Waals surface area contributed by atoms with E-state index in [0.29, 0.717) is 5.82 Å². The number of aromatic nitrogens is 2. The number of benzene rings is 1. The summed E-state index contributed by atoms with van der Waals surface area (Å²) in [4.78, 5) is 10.3. The first-order chi connectivity index (χ1) is 8.69. The number of aryl methyl sites for hydroxylation is 1. The number of hydrogen-bond donors (Lipinski definition) is 2. The minimum Gasteiger partial charge on any atom is -0.355 e. The Morgan fingerprint density at radius 2 is 1.94 bits per heavy atom. The van der Waals surface area contributed by atoms with Gasteiger partial charge in [-0.1, -0.05) is 29.8 Å². The lowest BCUT2D eigenvalue weighted by Crippen LogP contribution is -2.18. The maximum Gasteiger partial charge on any atom is 0.145 e. The van der Waals surface area contributed by atoms with E-state index >= 15 is 0 Å². The lowest BCUT2D eigenvalue weighted by Gasteiger charge is -2.18. The molecule has 0 aliphatic heterocycles. The number of nitrogens with zero attached hydrogens (tertiary/aromatic N) is 3. The average molecular weight is 243 g/mol. The lowest BCUT2D eigenvalue weighted by molar-refractivity contribution is 0.890. The molecule has 94 valence electrons. The largest absolute Gasteiger partial charge is 0.355 e. The van der Waals surface area contributed by atoms with Crippen LogP contribution < -0.4 is 16.2 Å². The Morgan fingerprint density at radius 3 is 2.61 bits per heavy atom. The summed E-state index contributed by atoms with van der Waals surface area (Å²) >= 11 is 0. The van der Waals surface area contributed by atoms with Gasteiger partial charge in [0.1, 0.15) is 18.0 Å². The molecule has 2 aromatic rings. The van der Waals surface area contributed by atoms with Crippen molar-refractivity contribution in [3.05, 3.63) is 47.8 Å². The number of hydrogen-bond acceptors (Lipinski definition) is 5. The van der Waals surface area contributed by atoms with Crippen LogP contribution >= 0.6 is 0 Å². The van der Waals surface area contributed by atoms with Crippen LogP contribution in [-0.2, 0) is 6.54 Å². The smallest absolute Gasteiger partial charge is 0.145 e. The van der Waals surface area contributed by atoms with Gasteiger partial charge in [-0.3, -0.25) is 0 Å². The SMILES string of the molecule is Cc1ccc(CN(C)c2cc(NN)ncn2)cc1. The molecular weight excluding hydrogens is 226 g/mol. The zero-order valence-electron chi connectivity index (χ0n) is 10.6. The molecule has 0 bridgehead atoms. The molecule has 0 amide bonds. The number of nitrogen functional groups attached to an aromatic ring is 1. The van der Waals surface area contributed by atoms with E-state index in [9.17, 15) is 0 Å². The number of hydrazine groups is 1. The second-order valence-electron chi connectivity index (χ2n) is 4.25. The highest BCUT2D eigenvalue weighted by Crippen LogP contribution is 2.15. The molecule has 0 fully saturated rings. The molecule has 1 aromatic carbocycles. The molecule has 0 spiro atoms. The van der Waals surface area contributed by atoms with Crippen molar-refractivity contribution in [2.24, 2.45) is 5.84 Å². The van der Waals surface area contributed by atoms with E-state index in [1.165, 1.54) is 17.5 Å². The molecular formula is C13H17N5. The third-order valence-corrected chi connectivity index (χ3v) is 2.73. The van der Waals surface area contributed by atoms with Crippen molar-refractivity contribution in [1.82, 2.24) is 9.97 Å². The Morgan fingerprint density at radius 1 is 1.22 bits per heavy atom. The van der Waals surface area contributed by atoms with Crippen molar-refractivity contribution in [1.29, 1.82) is 0 Å². The fourth-order valence-corrected chi connectivity index (χ4v) is 1.68. The third-order valence-electron chi connectivity index (χ3n) is 2.73. The normalized spacial score (nSPS) is 10.2. The van der Waals surface area contributed by atoms with Crippen molar-refractivity contribution in [2.75, 3.05) is 17.4 Å². The standard InChI is InChI=1S/C13H17N5/c1-10-3-5-11(6-4-10)8-18(2)13-7-12(17-14)15-9-16-13/h3-7,9H,8,14H2,1-2H3,(H,15,16,17). The fraction of sp³-hybridized carbons (Fsp3) is 0.231. The van der Waals surface area contributed by atoms with Crippen LogP contribution in [0.4, 0.5) is 11.6 Å². The maximum absolute atomic E-state index is 5.33. The van der Waals surface area contributed by atoms with Gasteiger partial charge in [-0.2, -0.15) is 0 Å². The van der Waals surface area contributed by atoms with E-state index in [1.54, 1.807) is 0 Å². The molecule has 0 unspecified atom stereocenters. The highest BCUT2D eigenvalue weighted by Gasteiger charge is 2.04. The lowest BCUT2D eigenvalue weighted by atomic mass is 10.1. The van der Waals surface area contributed by atoms with Crippen LogP contribution in [0, 0.1) is 6.92 Å². The predicted octanol–water partition coefficient (Wildman–Crippen LogP) is 1.71. The molecule has 0 atom stereocenters. The summed E-state index contributed by atoms with van der Waals surface area (Å²) in [5, 5.41) is 0. The Kier molecular flexibility index (Phi) is 3.74. The van der Waals surface area contributed by atoms with Gasteiger partial charge in [-0.05, 0) is 12.5 Å². The second-order valence-corrected chi connectivity index (χ2v) is 4.25. The monoisotopic (exact) mass is 243 g/mol. The molecule has 2 rings (SSSR count). The highest BCUT2D eigenvalue weighted by atomic mass is 15.3. The second kappa shape index (κ2) is 5.46. The van der Waals surface area contributed by atoms with Crippen LogP contribution in [0.1, 0.15) is 11.1 Å². The predicted molar refractivity (Wildman–Crippen MR) is 73.1 cm³/mol. The van der Waals surface area contributed by atoms with Crippen LogP contribution in [0.3, 0.4) is 0 Å². The van der Waals surface area contributed by atoms with Gasteiger partial charge >= 0.3 is 0 Å². The molecule has 0 radical (unpaired) electrons. The molecule has 0 saturated heterocycles. The van der Waals surface area contributed by atoms with Gasteiger partial charge in [0.2, 0.25) is 0 Å². The molecule has 0 aliphatic carbocycles. The van der Waals surface area contributed by atoms with Crippen molar-refractivity contribution < 1.29 is 0 Å². The molecule has 1 heterocycles. The van der Waals surface area contributed by atoms with Crippen LogP contribution in [0.5, 0.6) is 0 Å². The molecule has 5 nitrogen and oxygen atoms in total. The quantitative estimate of drug-likeness (QED) is 0.632. The van der Waals surface area contributed by atoms with Crippen molar-refractivity contribution in [2.45, 2.75) is 13.5 Å². The summed E-state index contributed by atoms with van der Waals surface area (Å²) in [5.41, 5.74) is 5.02. The maximum atomic E-state index is 5.33. The van der Waals surface area contributed by atoms with Crippen LogP contribution in [0.25, 0.3) is 0 Å². The van der Waals surface area contributed by atoms with E-state index in [2.05, 4.69) is 46.6 Å². The number of nitrogens with two attached hydrogens (primary N) is 1. The van der Waals surface area contributed by atoms with Crippen LogP contribution in [0.15, 0.2) is 36.7 Å². The average Bonchev–Trinajstić information content (AvgIpc) is 2.41. The number of nitrogens with one attached hydrogen (secondary N) is 1. The zero-order chi connectivity index (χ0) is 13.0. The minimum atomic E-state index is 0.607. The van der Waals surface area contributed by atoms with Gasteiger partial charge in [0.25, 0.3) is 0 Å². The van der Waals surface area contributed by atoms with Crippen LogP contribution in [0.2, 0.25) is 0 Å². The van der Waals surface area contributed by atoms with Gasteiger partial charge in [-0.25, -0.2) is 15.8 Å². The van der Waals surface area contributed by atoms with Crippen molar-refractivity contribution in [3.63, 3.8) is 0 Å². The molecule has 18 heavy (non-hydrogen) atoms. The van der Waals surface area contributed by atoms with E-state index in [0.717, 1.165) is 12.4 Å². The Balaban J connectivity index is 2.11. The first-order valence-corrected chi connectivity index (χ1v) is 5.74. The number of anilines is 2. The Hall–Kier alpha value is -2.14. The van der Waals surface area contributed by atoms with Gasteiger partial charge in [0.05, 0.1) is 0 Å². The summed E-state index contributed by atoms with van der Waals surface area (Å²) in [6, 6.07) is 10.3.